The van der Waals surface area contributed by atoms with Gasteiger partial charge in [0.05, 0.1) is 5.69 Å². The summed E-state index contributed by atoms with van der Waals surface area (Å²) in [5.41, 5.74) is 1.04. The van der Waals surface area contributed by atoms with Crippen molar-refractivity contribution in [3.05, 3.63) is 17.5 Å². The van der Waals surface area contributed by atoms with Crippen LogP contribution in [0.15, 0.2) is 6.07 Å². The molecule has 116 valence electrons. The molecule has 0 aromatic carbocycles. The fraction of sp³-hybridized carbons (Fsp3) is 0.571. The van der Waals surface area contributed by atoms with E-state index in [0.717, 1.165) is 12.8 Å². The number of likely N-dealkylation sites (tertiary alicyclic amines) is 1. The molecule has 2 amide bonds. The number of urea groups is 1. The number of hydrogen-bond acceptors (Lipinski definition) is 3. The minimum Gasteiger partial charge on any atom is -0.477 e. The molecule has 0 bridgehead atoms. The van der Waals surface area contributed by atoms with E-state index in [2.05, 4.69) is 15.2 Å². The van der Waals surface area contributed by atoms with Crippen molar-refractivity contribution in [2.75, 3.05) is 32.5 Å². The van der Waals surface area contributed by atoms with Crippen LogP contribution >= 0.6 is 0 Å². The molecule has 0 aliphatic carbocycles. The lowest BCUT2D eigenvalue weighted by molar-refractivity contribution is 0.0692. The summed E-state index contributed by atoms with van der Waals surface area (Å²) < 4.78 is 0. The Hall–Kier alpha value is -2.02. The van der Waals surface area contributed by atoms with Crippen molar-refractivity contribution in [1.29, 1.82) is 0 Å². The molecular formula is C14H22N4O3. The first-order chi connectivity index (χ1) is 9.88. The molecule has 2 rings (SSSR count). The molecule has 0 spiro atoms. The van der Waals surface area contributed by atoms with Crippen LogP contribution in [0.3, 0.4) is 0 Å². The molecule has 7 nitrogen and oxygen atoms in total. The van der Waals surface area contributed by atoms with Gasteiger partial charge in [-0.15, -0.1) is 0 Å². The van der Waals surface area contributed by atoms with Crippen molar-refractivity contribution in [2.45, 2.75) is 25.8 Å². The van der Waals surface area contributed by atoms with Gasteiger partial charge in [-0.05, 0) is 39.9 Å². The molecule has 1 aromatic rings. The normalized spacial score (nSPS) is 16.3. The van der Waals surface area contributed by atoms with E-state index in [9.17, 15) is 9.59 Å². The number of carboxylic acid groups (broad SMARTS) is 1. The third-order valence-electron chi connectivity index (χ3n) is 3.89. The third-order valence-corrected chi connectivity index (χ3v) is 3.89. The number of aryl methyl sites for hydroxylation is 1. The van der Waals surface area contributed by atoms with Crippen LogP contribution in [0.2, 0.25) is 0 Å². The number of aromatic nitrogens is 1. The maximum absolute atomic E-state index is 12.2. The zero-order valence-electron chi connectivity index (χ0n) is 12.6. The Bertz CT molecular complexity index is 530. The van der Waals surface area contributed by atoms with E-state index in [1.807, 2.05) is 14.1 Å². The Kier molecular flexibility index (Phi) is 4.52. The highest BCUT2D eigenvalue weighted by Crippen LogP contribution is 2.19. The second-order valence-corrected chi connectivity index (χ2v) is 5.66. The molecule has 1 aliphatic heterocycles. The average Bonchev–Trinajstić information content (AvgIpc) is 2.80. The molecule has 2 heterocycles. The number of anilines is 1. The van der Waals surface area contributed by atoms with Gasteiger partial charge in [0.2, 0.25) is 0 Å². The molecular weight excluding hydrogens is 272 g/mol. The standard InChI is InChI=1S/C14H22N4O3/c1-9-8-11(12(15-9)13(19)20)16-14(21)18-6-4-10(5-7-18)17(2)3/h8,10,15H,4-7H2,1-3H3,(H,16,21)(H,19,20). The number of amides is 2. The Morgan fingerprint density at radius 2 is 2.00 bits per heavy atom. The molecule has 21 heavy (non-hydrogen) atoms. The Balaban J connectivity index is 1.98. The lowest BCUT2D eigenvalue weighted by atomic mass is 10.0. The van der Waals surface area contributed by atoms with Gasteiger partial charge in [-0.1, -0.05) is 0 Å². The molecule has 0 unspecified atom stereocenters. The van der Waals surface area contributed by atoms with Crippen molar-refractivity contribution in [3.63, 3.8) is 0 Å². The van der Waals surface area contributed by atoms with E-state index in [-0.39, 0.29) is 11.7 Å². The number of carbonyl (C=O) groups is 2. The summed E-state index contributed by atoms with van der Waals surface area (Å²) in [6.45, 7) is 3.12. The number of piperidine rings is 1. The second kappa shape index (κ2) is 6.17. The number of nitrogens with one attached hydrogen (secondary N) is 2. The van der Waals surface area contributed by atoms with Crippen molar-refractivity contribution < 1.29 is 14.7 Å². The van der Waals surface area contributed by atoms with Crippen molar-refractivity contribution in [3.8, 4) is 0 Å². The number of rotatable bonds is 3. The van der Waals surface area contributed by atoms with E-state index < -0.39 is 5.97 Å². The second-order valence-electron chi connectivity index (χ2n) is 5.66. The summed E-state index contributed by atoms with van der Waals surface area (Å²) >= 11 is 0. The smallest absolute Gasteiger partial charge is 0.354 e. The number of carboxylic acids is 1. The van der Waals surface area contributed by atoms with Crippen LogP contribution < -0.4 is 5.32 Å². The highest BCUT2D eigenvalue weighted by Gasteiger charge is 2.25. The third kappa shape index (κ3) is 3.55. The van der Waals surface area contributed by atoms with Gasteiger partial charge in [0, 0.05) is 24.8 Å². The minimum absolute atomic E-state index is 0.0176. The SMILES string of the molecule is Cc1cc(NC(=O)N2CCC(N(C)C)CC2)c(C(=O)O)[nH]1. The van der Waals surface area contributed by atoms with E-state index in [1.165, 1.54) is 0 Å². The van der Waals surface area contributed by atoms with Crippen LogP contribution in [0, 0.1) is 6.92 Å². The summed E-state index contributed by atoms with van der Waals surface area (Å²) in [6.07, 6.45) is 1.86. The first kappa shape index (κ1) is 15.4. The van der Waals surface area contributed by atoms with Crippen LogP contribution in [0.5, 0.6) is 0 Å². The van der Waals surface area contributed by atoms with Crippen molar-refractivity contribution in [1.82, 2.24) is 14.8 Å². The van der Waals surface area contributed by atoms with E-state index in [4.69, 9.17) is 5.11 Å². The minimum atomic E-state index is -1.08. The number of H-pyrrole nitrogens is 1. The predicted octanol–water partition coefficient (Wildman–Crippen LogP) is 1.58. The lowest BCUT2D eigenvalue weighted by Gasteiger charge is -2.35. The van der Waals surface area contributed by atoms with Gasteiger partial charge in [0.1, 0.15) is 5.69 Å². The number of aromatic amines is 1. The highest BCUT2D eigenvalue weighted by molar-refractivity contribution is 5.99. The average molecular weight is 294 g/mol. The highest BCUT2D eigenvalue weighted by atomic mass is 16.4. The molecule has 1 aromatic heterocycles. The van der Waals surface area contributed by atoms with E-state index >= 15 is 0 Å². The number of carbonyl (C=O) groups excluding carboxylic acids is 1. The van der Waals surface area contributed by atoms with E-state index in [1.54, 1.807) is 17.9 Å². The molecule has 0 saturated carbocycles. The molecule has 0 atom stereocenters. The van der Waals surface area contributed by atoms with Gasteiger partial charge >= 0.3 is 12.0 Å². The Morgan fingerprint density at radius 3 is 2.52 bits per heavy atom. The molecule has 1 fully saturated rings. The molecule has 0 radical (unpaired) electrons. The largest absolute Gasteiger partial charge is 0.477 e. The zero-order valence-corrected chi connectivity index (χ0v) is 12.6. The Morgan fingerprint density at radius 1 is 1.38 bits per heavy atom. The Labute approximate surface area is 123 Å². The van der Waals surface area contributed by atoms with Crippen molar-refractivity contribution in [2.24, 2.45) is 0 Å². The molecule has 3 N–H and O–H groups in total. The first-order valence-corrected chi connectivity index (χ1v) is 7.03. The van der Waals surface area contributed by atoms with Crippen molar-refractivity contribution >= 4 is 17.7 Å². The van der Waals surface area contributed by atoms with Crippen LogP contribution in [0.4, 0.5) is 10.5 Å². The lowest BCUT2D eigenvalue weighted by Crippen LogP contribution is -2.46. The summed E-state index contributed by atoms with van der Waals surface area (Å²) in [6, 6.07) is 1.89. The fourth-order valence-corrected chi connectivity index (χ4v) is 2.64. The topological polar surface area (TPSA) is 88.7 Å². The zero-order chi connectivity index (χ0) is 15.6. The molecule has 1 saturated heterocycles. The fourth-order valence-electron chi connectivity index (χ4n) is 2.64. The molecule has 7 heteroatoms. The maximum atomic E-state index is 12.2. The summed E-state index contributed by atoms with van der Waals surface area (Å²) in [5.74, 6) is -1.08. The van der Waals surface area contributed by atoms with Crippen LogP contribution in [0.1, 0.15) is 29.0 Å². The van der Waals surface area contributed by atoms with Gasteiger partial charge in [-0.3, -0.25) is 0 Å². The van der Waals surface area contributed by atoms with Crippen LogP contribution in [-0.2, 0) is 0 Å². The summed E-state index contributed by atoms with van der Waals surface area (Å²) in [4.78, 5) is 30.0. The number of aromatic carboxylic acids is 1. The quantitative estimate of drug-likeness (QED) is 0.789. The van der Waals surface area contributed by atoms with Crippen LogP contribution in [0.25, 0.3) is 0 Å². The summed E-state index contributed by atoms with van der Waals surface area (Å²) in [5, 5.41) is 11.8. The predicted molar refractivity (Wildman–Crippen MR) is 79.8 cm³/mol. The maximum Gasteiger partial charge on any atom is 0.354 e. The first-order valence-electron chi connectivity index (χ1n) is 7.03. The number of hydrogen-bond donors (Lipinski definition) is 3. The van der Waals surface area contributed by atoms with Crippen LogP contribution in [-0.4, -0.2) is 65.1 Å². The summed E-state index contributed by atoms with van der Waals surface area (Å²) in [7, 11) is 4.09. The van der Waals surface area contributed by atoms with Gasteiger partial charge in [-0.25, -0.2) is 9.59 Å². The van der Waals surface area contributed by atoms with Gasteiger partial charge < -0.3 is 25.2 Å². The van der Waals surface area contributed by atoms with Gasteiger partial charge in [-0.2, -0.15) is 0 Å². The number of nitrogens with zero attached hydrogens (tertiary/aromatic N) is 2. The monoisotopic (exact) mass is 294 g/mol. The van der Waals surface area contributed by atoms with Gasteiger partial charge in [0.25, 0.3) is 0 Å². The van der Waals surface area contributed by atoms with E-state index in [0.29, 0.717) is 30.5 Å². The molecule has 1 aliphatic rings. The van der Waals surface area contributed by atoms with Gasteiger partial charge in [0.15, 0.2) is 0 Å².